The molecule has 1 aromatic rings. The van der Waals surface area contributed by atoms with Gasteiger partial charge in [0.15, 0.2) is 0 Å². The fraction of sp³-hybridized carbons (Fsp3) is 0.700. The molecule has 4 heteroatoms. The Labute approximate surface area is 83.7 Å². The van der Waals surface area contributed by atoms with Gasteiger partial charge in [0.1, 0.15) is 0 Å². The molecule has 1 aliphatic rings. The smallest absolute Gasteiger partial charge is 0.0840 e. The zero-order chi connectivity index (χ0) is 10.3. The number of rotatable bonds is 3. The maximum Gasteiger partial charge on any atom is 0.0840 e. The molecule has 1 unspecified atom stereocenters. The van der Waals surface area contributed by atoms with Crippen LogP contribution in [0.4, 0.5) is 0 Å². The average molecular weight is 195 g/mol. The Morgan fingerprint density at radius 3 is 2.79 bits per heavy atom. The standard InChI is InChI=1S/C10H17N3O/c1-7-8(6-12-13(7)2)9(14)5-10(11)3-4-10/h6,9,14H,3-5,11H2,1-2H3. The van der Waals surface area contributed by atoms with Gasteiger partial charge in [-0.15, -0.1) is 0 Å². The third-order valence-electron chi connectivity index (χ3n) is 3.12. The topological polar surface area (TPSA) is 64.1 Å². The highest BCUT2D eigenvalue weighted by Crippen LogP contribution is 2.40. The number of nitrogens with zero attached hydrogens (tertiary/aromatic N) is 2. The Kier molecular flexibility index (Phi) is 2.12. The fourth-order valence-electron chi connectivity index (χ4n) is 1.70. The summed E-state index contributed by atoms with van der Waals surface area (Å²) in [7, 11) is 1.88. The minimum absolute atomic E-state index is 0.109. The number of aryl methyl sites for hydroxylation is 1. The van der Waals surface area contributed by atoms with Gasteiger partial charge in [-0.2, -0.15) is 5.10 Å². The second-order valence-corrected chi connectivity index (χ2v) is 4.39. The van der Waals surface area contributed by atoms with Gasteiger partial charge in [0.05, 0.1) is 12.3 Å². The molecule has 0 radical (unpaired) electrons. The van der Waals surface area contributed by atoms with Crippen molar-refractivity contribution in [2.45, 2.75) is 37.8 Å². The fourth-order valence-corrected chi connectivity index (χ4v) is 1.70. The van der Waals surface area contributed by atoms with E-state index >= 15 is 0 Å². The van der Waals surface area contributed by atoms with Gasteiger partial charge in [0, 0.05) is 23.8 Å². The molecule has 2 rings (SSSR count). The van der Waals surface area contributed by atoms with Crippen molar-refractivity contribution in [3.63, 3.8) is 0 Å². The van der Waals surface area contributed by atoms with Crippen LogP contribution in [0, 0.1) is 6.92 Å². The lowest BCUT2D eigenvalue weighted by Gasteiger charge is -2.14. The van der Waals surface area contributed by atoms with Gasteiger partial charge in [-0.25, -0.2) is 0 Å². The summed E-state index contributed by atoms with van der Waals surface area (Å²) < 4.78 is 1.77. The molecule has 1 fully saturated rings. The number of nitrogens with two attached hydrogens (primary N) is 1. The van der Waals surface area contributed by atoms with Crippen molar-refractivity contribution in [1.82, 2.24) is 9.78 Å². The number of aliphatic hydroxyl groups is 1. The van der Waals surface area contributed by atoms with E-state index in [0.29, 0.717) is 6.42 Å². The number of hydrogen-bond acceptors (Lipinski definition) is 3. The predicted molar refractivity (Wildman–Crippen MR) is 53.7 cm³/mol. The van der Waals surface area contributed by atoms with Crippen LogP contribution in [0.1, 0.15) is 36.6 Å². The van der Waals surface area contributed by atoms with Crippen LogP contribution in [-0.4, -0.2) is 20.4 Å². The van der Waals surface area contributed by atoms with Gasteiger partial charge in [-0.3, -0.25) is 4.68 Å². The van der Waals surface area contributed by atoms with Crippen molar-refractivity contribution in [2.24, 2.45) is 12.8 Å². The van der Waals surface area contributed by atoms with Gasteiger partial charge in [-0.05, 0) is 26.2 Å². The SMILES string of the molecule is Cc1c(C(O)CC2(N)CC2)cnn1C. The highest BCUT2D eigenvalue weighted by atomic mass is 16.3. The maximum absolute atomic E-state index is 9.96. The van der Waals surface area contributed by atoms with Crippen molar-refractivity contribution in [2.75, 3.05) is 0 Å². The molecule has 0 aliphatic heterocycles. The van der Waals surface area contributed by atoms with Crippen LogP contribution >= 0.6 is 0 Å². The molecule has 0 amide bonds. The summed E-state index contributed by atoms with van der Waals surface area (Å²) in [6, 6.07) is 0. The highest BCUT2D eigenvalue weighted by Gasteiger charge is 2.40. The molecule has 3 N–H and O–H groups in total. The first kappa shape index (κ1) is 9.68. The second kappa shape index (κ2) is 3.07. The van der Waals surface area contributed by atoms with E-state index in [0.717, 1.165) is 24.1 Å². The minimum Gasteiger partial charge on any atom is -0.388 e. The van der Waals surface area contributed by atoms with Crippen LogP contribution in [0.3, 0.4) is 0 Å². The molecular formula is C10H17N3O. The highest BCUT2D eigenvalue weighted by molar-refractivity contribution is 5.20. The molecular weight excluding hydrogens is 178 g/mol. The molecule has 1 aromatic heterocycles. The second-order valence-electron chi connectivity index (χ2n) is 4.39. The number of hydrogen-bond donors (Lipinski definition) is 2. The van der Waals surface area contributed by atoms with Crippen LogP contribution < -0.4 is 5.73 Å². The molecule has 78 valence electrons. The molecule has 0 saturated heterocycles. The third kappa shape index (κ3) is 1.67. The lowest BCUT2D eigenvalue weighted by molar-refractivity contribution is 0.153. The largest absolute Gasteiger partial charge is 0.388 e. The Bertz CT molecular complexity index is 341. The lowest BCUT2D eigenvalue weighted by atomic mass is 10.0. The van der Waals surface area contributed by atoms with Gasteiger partial charge in [0.25, 0.3) is 0 Å². The molecule has 14 heavy (non-hydrogen) atoms. The van der Waals surface area contributed by atoms with Gasteiger partial charge in [-0.1, -0.05) is 0 Å². The van der Waals surface area contributed by atoms with E-state index < -0.39 is 6.10 Å². The molecule has 0 aromatic carbocycles. The monoisotopic (exact) mass is 195 g/mol. The summed E-state index contributed by atoms with van der Waals surface area (Å²) in [5, 5.41) is 14.1. The average Bonchev–Trinajstić information content (AvgIpc) is 2.73. The van der Waals surface area contributed by atoms with E-state index in [-0.39, 0.29) is 5.54 Å². The number of aliphatic hydroxyl groups excluding tert-OH is 1. The van der Waals surface area contributed by atoms with Crippen LogP contribution in [0.2, 0.25) is 0 Å². The van der Waals surface area contributed by atoms with Crippen molar-refractivity contribution >= 4 is 0 Å². The summed E-state index contributed by atoms with van der Waals surface area (Å²) in [4.78, 5) is 0. The maximum atomic E-state index is 9.96. The van der Waals surface area contributed by atoms with Crippen LogP contribution in [0.25, 0.3) is 0 Å². The summed E-state index contributed by atoms with van der Waals surface area (Å²) in [6.07, 6.45) is 3.98. The molecule has 0 bridgehead atoms. The Morgan fingerprint density at radius 1 is 1.71 bits per heavy atom. The van der Waals surface area contributed by atoms with E-state index in [9.17, 15) is 5.11 Å². The van der Waals surface area contributed by atoms with Gasteiger partial charge in [0.2, 0.25) is 0 Å². The zero-order valence-electron chi connectivity index (χ0n) is 8.70. The molecule has 1 aliphatic carbocycles. The van der Waals surface area contributed by atoms with E-state index in [1.165, 1.54) is 0 Å². The Balaban J connectivity index is 2.10. The molecule has 1 saturated carbocycles. The Hall–Kier alpha value is -0.870. The molecule has 4 nitrogen and oxygen atoms in total. The van der Waals surface area contributed by atoms with E-state index in [1.807, 2.05) is 14.0 Å². The third-order valence-corrected chi connectivity index (χ3v) is 3.12. The first-order valence-corrected chi connectivity index (χ1v) is 4.97. The zero-order valence-corrected chi connectivity index (χ0v) is 8.70. The first-order valence-electron chi connectivity index (χ1n) is 4.97. The van der Waals surface area contributed by atoms with Crippen LogP contribution in [-0.2, 0) is 7.05 Å². The molecule has 0 spiro atoms. The van der Waals surface area contributed by atoms with E-state index in [2.05, 4.69) is 5.10 Å². The summed E-state index contributed by atoms with van der Waals surface area (Å²) in [5.74, 6) is 0. The van der Waals surface area contributed by atoms with Crippen molar-refractivity contribution in [1.29, 1.82) is 0 Å². The molecule has 1 heterocycles. The lowest BCUT2D eigenvalue weighted by Crippen LogP contribution is -2.24. The molecule has 1 atom stereocenters. The van der Waals surface area contributed by atoms with Crippen LogP contribution in [0.15, 0.2) is 6.20 Å². The predicted octanol–water partition coefficient (Wildman–Crippen LogP) is 0.643. The summed E-state index contributed by atoms with van der Waals surface area (Å²) in [6.45, 7) is 1.96. The van der Waals surface area contributed by atoms with Crippen LogP contribution in [0.5, 0.6) is 0 Å². The quantitative estimate of drug-likeness (QED) is 0.744. The minimum atomic E-state index is -0.462. The van der Waals surface area contributed by atoms with Crippen molar-refractivity contribution in [3.05, 3.63) is 17.5 Å². The Morgan fingerprint density at radius 2 is 2.36 bits per heavy atom. The van der Waals surface area contributed by atoms with Crippen molar-refractivity contribution in [3.8, 4) is 0 Å². The van der Waals surface area contributed by atoms with Gasteiger partial charge < -0.3 is 10.8 Å². The van der Waals surface area contributed by atoms with Gasteiger partial charge >= 0.3 is 0 Å². The van der Waals surface area contributed by atoms with E-state index in [1.54, 1.807) is 10.9 Å². The van der Waals surface area contributed by atoms with Crippen molar-refractivity contribution < 1.29 is 5.11 Å². The first-order chi connectivity index (χ1) is 6.52. The normalized spacial score (nSPS) is 20.9. The summed E-state index contributed by atoms with van der Waals surface area (Å²) >= 11 is 0. The number of aromatic nitrogens is 2. The van der Waals surface area contributed by atoms with E-state index in [4.69, 9.17) is 5.73 Å². The summed E-state index contributed by atoms with van der Waals surface area (Å²) in [5.41, 5.74) is 7.77.